The number of hydrogen-bond acceptors (Lipinski definition) is 1. The van der Waals surface area contributed by atoms with Crippen LogP contribution in [-0.4, -0.2) is 0 Å². The molecule has 4 aromatic carbocycles. The molecule has 0 spiro atoms. The van der Waals surface area contributed by atoms with Gasteiger partial charge in [0, 0.05) is 9.79 Å². The molecule has 1 heteroatoms. The molecule has 0 bridgehead atoms. The Labute approximate surface area is 204 Å². The third-order valence-corrected chi connectivity index (χ3v) is 7.77. The Hall–Kier alpha value is -2.77. The Morgan fingerprint density at radius 1 is 0.424 bits per heavy atom. The first-order valence-electron chi connectivity index (χ1n) is 11.8. The fourth-order valence-electron chi connectivity index (χ4n) is 4.26. The lowest BCUT2D eigenvalue weighted by atomic mass is 9.94. The van der Waals surface area contributed by atoms with Crippen LogP contribution in [0.15, 0.2) is 82.6 Å². The average Bonchev–Trinajstić information content (AvgIpc) is 2.77. The Bertz CT molecular complexity index is 1200. The van der Waals surface area contributed by atoms with Crippen LogP contribution in [0.3, 0.4) is 0 Å². The largest absolute Gasteiger partial charge is 0.0901 e. The van der Waals surface area contributed by atoms with Crippen LogP contribution in [0.1, 0.15) is 55.6 Å². The van der Waals surface area contributed by atoms with E-state index >= 15 is 0 Å². The van der Waals surface area contributed by atoms with Crippen molar-refractivity contribution in [2.45, 2.75) is 64.2 Å². The predicted octanol–water partition coefficient (Wildman–Crippen LogP) is 8.87. The summed E-state index contributed by atoms with van der Waals surface area (Å²) in [5.74, 6) is 0. The van der Waals surface area contributed by atoms with Gasteiger partial charge < -0.3 is 0 Å². The van der Waals surface area contributed by atoms with E-state index in [0.29, 0.717) is 0 Å². The summed E-state index contributed by atoms with van der Waals surface area (Å²) >= 11 is 1.85. The molecule has 0 aliphatic rings. The summed E-state index contributed by atoms with van der Waals surface area (Å²) < 4.78 is 0. The van der Waals surface area contributed by atoms with Gasteiger partial charge >= 0.3 is 0 Å². The lowest BCUT2D eigenvalue weighted by molar-refractivity contribution is 1.09. The summed E-state index contributed by atoms with van der Waals surface area (Å²) in [7, 11) is 0. The van der Waals surface area contributed by atoms with Crippen molar-refractivity contribution < 1.29 is 0 Å². The first-order valence-corrected chi connectivity index (χ1v) is 12.6. The molecule has 0 aliphatic carbocycles. The second-order valence-corrected chi connectivity index (χ2v) is 10.6. The predicted molar refractivity (Wildman–Crippen MR) is 144 cm³/mol. The van der Waals surface area contributed by atoms with Crippen LogP contribution in [0.2, 0.25) is 0 Å². The van der Waals surface area contributed by atoms with E-state index in [2.05, 4.69) is 114 Å². The minimum atomic E-state index is 0.982. The first kappa shape index (κ1) is 23.4. The van der Waals surface area contributed by atoms with Gasteiger partial charge in [0.25, 0.3) is 0 Å². The summed E-state index contributed by atoms with van der Waals surface area (Å²) in [6.07, 6.45) is 1.97. The molecule has 0 atom stereocenters. The van der Waals surface area contributed by atoms with E-state index in [1.807, 2.05) is 11.8 Å². The van der Waals surface area contributed by atoms with E-state index in [9.17, 15) is 0 Å². The molecule has 0 saturated carbocycles. The molecule has 0 unspecified atom stereocenters. The molecule has 0 nitrogen and oxygen atoms in total. The fourth-order valence-corrected chi connectivity index (χ4v) is 5.28. The minimum Gasteiger partial charge on any atom is -0.0901 e. The highest BCUT2D eigenvalue weighted by Crippen LogP contribution is 2.31. The Morgan fingerprint density at radius 2 is 0.879 bits per heavy atom. The molecule has 0 aliphatic heterocycles. The van der Waals surface area contributed by atoms with Crippen LogP contribution < -0.4 is 0 Å². The van der Waals surface area contributed by atoms with Crippen molar-refractivity contribution >= 4 is 11.8 Å². The SMILES string of the molecule is Cc1ccc(Cc2ccc(Cc3ccc(Sc4ccc(C)c(C)c4)cc3C)c(C)c2)cc1C. The van der Waals surface area contributed by atoms with Crippen molar-refractivity contribution in [2.75, 3.05) is 0 Å². The molecule has 4 aromatic rings. The molecule has 0 aromatic heterocycles. The van der Waals surface area contributed by atoms with E-state index in [1.54, 1.807) is 0 Å². The van der Waals surface area contributed by atoms with Crippen molar-refractivity contribution in [3.63, 3.8) is 0 Å². The zero-order valence-corrected chi connectivity index (χ0v) is 21.6. The Balaban J connectivity index is 1.46. The second kappa shape index (κ2) is 10.0. The van der Waals surface area contributed by atoms with Crippen molar-refractivity contribution in [3.05, 3.63) is 128 Å². The molecule has 0 fully saturated rings. The zero-order valence-electron chi connectivity index (χ0n) is 20.8. The molecule has 0 amide bonds. The van der Waals surface area contributed by atoms with Crippen molar-refractivity contribution in [3.8, 4) is 0 Å². The van der Waals surface area contributed by atoms with Gasteiger partial charge in [-0.25, -0.2) is 0 Å². The van der Waals surface area contributed by atoms with E-state index in [1.165, 1.54) is 65.4 Å². The van der Waals surface area contributed by atoms with Gasteiger partial charge in [0.05, 0.1) is 0 Å². The smallest absolute Gasteiger partial charge is 0.0125 e. The van der Waals surface area contributed by atoms with Crippen molar-refractivity contribution in [1.29, 1.82) is 0 Å². The summed E-state index contributed by atoms with van der Waals surface area (Å²) in [5, 5.41) is 0. The summed E-state index contributed by atoms with van der Waals surface area (Å²) in [6, 6.07) is 27.4. The molecule has 0 heterocycles. The first-order chi connectivity index (χ1) is 15.8. The maximum Gasteiger partial charge on any atom is 0.0125 e. The van der Waals surface area contributed by atoms with Crippen LogP contribution in [0.5, 0.6) is 0 Å². The van der Waals surface area contributed by atoms with Gasteiger partial charge in [-0.3, -0.25) is 0 Å². The third-order valence-electron chi connectivity index (χ3n) is 6.80. The molecule has 4 rings (SSSR count). The Morgan fingerprint density at radius 3 is 1.45 bits per heavy atom. The normalized spacial score (nSPS) is 11.1. The van der Waals surface area contributed by atoms with E-state index in [0.717, 1.165) is 12.8 Å². The number of benzene rings is 4. The minimum absolute atomic E-state index is 0.982. The van der Waals surface area contributed by atoms with E-state index in [-0.39, 0.29) is 0 Å². The van der Waals surface area contributed by atoms with Crippen LogP contribution in [-0.2, 0) is 12.8 Å². The Kier molecular flexibility index (Phi) is 7.10. The van der Waals surface area contributed by atoms with E-state index in [4.69, 9.17) is 0 Å². The molecular weight excluding hydrogens is 416 g/mol. The van der Waals surface area contributed by atoms with E-state index < -0.39 is 0 Å². The van der Waals surface area contributed by atoms with Gasteiger partial charge in [0.1, 0.15) is 0 Å². The highest BCUT2D eigenvalue weighted by molar-refractivity contribution is 7.99. The number of aryl methyl sites for hydroxylation is 6. The highest BCUT2D eigenvalue weighted by Gasteiger charge is 2.08. The fraction of sp³-hybridized carbons (Fsp3) is 0.250. The van der Waals surface area contributed by atoms with Crippen LogP contribution in [0.4, 0.5) is 0 Å². The van der Waals surface area contributed by atoms with Crippen LogP contribution in [0, 0.1) is 41.5 Å². The van der Waals surface area contributed by atoms with Gasteiger partial charge in [0.2, 0.25) is 0 Å². The van der Waals surface area contributed by atoms with Crippen LogP contribution in [0.25, 0.3) is 0 Å². The van der Waals surface area contributed by atoms with Gasteiger partial charge in [-0.2, -0.15) is 0 Å². The molecule has 33 heavy (non-hydrogen) atoms. The van der Waals surface area contributed by atoms with Crippen molar-refractivity contribution in [2.24, 2.45) is 0 Å². The van der Waals surface area contributed by atoms with Gasteiger partial charge in [-0.1, -0.05) is 60.3 Å². The zero-order chi connectivity index (χ0) is 23.5. The summed E-state index contributed by atoms with van der Waals surface area (Å²) in [6.45, 7) is 13.2. The summed E-state index contributed by atoms with van der Waals surface area (Å²) in [4.78, 5) is 2.61. The molecule has 168 valence electrons. The monoisotopic (exact) mass is 450 g/mol. The van der Waals surface area contributed by atoms with Gasteiger partial charge in [-0.15, -0.1) is 0 Å². The topological polar surface area (TPSA) is 0 Å². The maximum atomic E-state index is 2.36. The van der Waals surface area contributed by atoms with Gasteiger partial charge in [0.15, 0.2) is 0 Å². The lowest BCUT2D eigenvalue weighted by Crippen LogP contribution is -1.97. The standard InChI is InChI=1S/C32H34S/c1-21-7-9-27(15-23(21)3)19-28-10-11-29(25(5)16-28)20-30-12-14-32(18-26(30)6)33-31-13-8-22(2)24(4)17-31/h7-18H,19-20H2,1-6H3. The van der Waals surface area contributed by atoms with Gasteiger partial charge in [-0.05, 0) is 134 Å². The second-order valence-electron chi connectivity index (χ2n) is 9.47. The lowest BCUT2D eigenvalue weighted by Gasteiger charge is -2.13. The quantitative estimate of drug-likeness (QED) is 0.283. The third kappa shape index (κ3) is 5.78. The van der Waals surface area contributed by atoms with Crippen molar-refractivity contribution in [1.82, 2.24) is 0 Å². The van der Waals surface area contributed by atoms with Crippen LogP contribution >= 0.6 is 11.8 Å². The molecule has 0 saturated heterocycles. The molecular formula is C32H34S. The number of hydrogen-bond donors (Lipinski definition) is 0. The molecule has 0 radical (unpaired) electrons. The molecule has 0 N–H and O–H groups in total. The maximum absolute atomic E-state index is 2.36. The highest BCUT2D eigenvalue weighted by atomic mass is 32.2. The average molecular weight is 451 g/mol. The number of rotatable bonds is 6. The summed E-state index contributed by atoms with van der Waals surface area (Å²) in [5.41, 5.74) is 13.8.